The van der Waals surface area contributed by atoms with Crippen molar-refractivity contribution >= 4 is 33.2 Å². The molecule has 0 amide bonds. The van der Waals surface area contributed by atoms with E-state index >= 15 is 0 Å². The summed E-state index contributed by atoms with van der Waals surface area (Å²) in [6, 6.07) is 16.0. The fraction of sp³-hybridized carbons (Fsp3) is 0.0625. The van der Waals surface area contributed by atoms with E-state index in [9.17, 15) is 0 Å². The Bertz CT molecular complexity index is 2250. The minimum atomic E-state index is -0.113. The largest absolute Gasteiger partial charge is 2.00 e. The summed E-state index contributed by atoms with van der Waals surface area (Å²) >= 11 is 0. The summed E-state index contributed by atoms with van der Waals surface area (Å²) in [5, 5.41) is 1.81. The van der Waals surface area contributed by atoms with Crippen LogP contribution in [0.15, 0.2) is 97.1 Å². The Hall–Kier alpha value is -5.01. The maximum absolute atomic E-state index is 5.01. The zero-order valence-electron chi connectivity index (χ0n) is 21.3. The monoisotopic (exact) mass is 572 g/mol. The van der Waals surface area contributed by atoms with Crippen LogP contribution in [-0.2, 0) is 16.5 Å². The molecule has 9 heteroatoms. The van der Waals surface area contributed by atoms with Gasteiger partial charge in [-0.25, -0.2) is 15.0 Å². The van der Waals surface area contributed by atoms with Crippen molar-refractivity contribution in [2.24, 2.45) is 0 Å². The number of fused-ring (bicyclic) bond motifs is 18. The molecule has 2 atom stereocenters. The van der Waals surface area contributed by atoms with Crippen molar-refractivity contribution in [2.75, 3.05) is 0 Å². The van der Waals surface area contributed by atoms with Gasteiger partial charge < -0.3 is 24.9 Å². The second-order valence-corrected chi connectivity index (χ2v) is 10.00. The third kappa shape index (κ3) is 3.59. The molecule has 8 bridgehead atoms. The van der Waals surface area contributed by atoms with Crippen LogP contribution in [0.25, 0.3) is 56.0 Å². The van der Waals surface area contributed by atoms with Gasteiger partial charge in [-0.05, 0) is 21.9 Å². The van der Waals surface area contributed by atoms with Crippen LogP contribution < -0.4 is 20.9 Å². The van der Waals surface area contributed by atoms with Gasteiger partial charge in [-0.15, -0.1) is 0 Å². The summed E-state index contributed by atoms with van der Waals surface area (Å²) in [6.45, 7) is 0. The quantitative estimate of drug-likeness (QED) is 0.260. The van der Waals surface area contributed by atoms with Gasteiger partial charge in [0.05, 0.1) is 17.2 Å². The molecule has 3 aliphatic heterocycles. The number of benzene rings is 2. The second-order valence-electron chi connectivity index (χ2n) is 10.00. The van der Waals surface area contributed by atoms with E-state index in [2.05, 4.69) is 12.2 Å². The summed E-state index contributed by atoms with van der Waals surface area (Å²) in [5.74, 6) is 2.21. The van der Waals surface area contributed by atoms with Gasteiger partial charge in [-0.1, -0.05) is 97.1 Å². The molecule has 9 rings (SSSR count). The molecule has 8 nitrogen and oxygen atoms in total. The smallest absolute Gasteiger partial charge is 0.361 e. The summed E-state index contributed by atoms with van der Waals surface area (Å²) < 4.78 is 0. The van der Waals surface area contributed by atoms with Gasteiger partial charge in [0.2, 0.25) is 0 Å². The number of hydrogen-bond donors (Lipinski definition) is 0. The molecule has 0 saturated heterocycles. The van der Waals surface area contributed by atoms with Crippen LogP contribution in [0.5, 0.6) is 0 Å². The molecular formula is C32H18N8Ni. The van der Waals surface area contributed by atoms with Crippen LogP contribution in [0.2, 0.25) is 0 Å². The Labute approximate surface area is 243 Å². The van der Waals surface area contributed by atoms with Crippen molar-refractivity contribution in [3.8, 4) is 22.8 Å². The van der Waals surface area contributed by atoms with E-state index in [1.54, 1.807) is 0 Å². The van der Waals surface area contributed by atoms with E-state index in [1.165, 1.54) is 0 Å². The zero-order valence-corrected chi connectivity index (χ0v) is 22.3. The van der Waals surface area contributed by atoms with Gasteiger partial charge in [-0.2, -0.15) is 0 Å². The Morgan fingerprint density at radius 1 is 0.561 bits per heavy atom. The molecule has 2 unspecified atom stereocenters. The third-order valence-electron chi connectivity index (χ3n) is 7.67. The molecule has 2 aromatic heterocycles. The molecule has 196 valence electrons. The summed E-state index contributed by atoms with van der Waals surface area (Å²) in [5.41, 5.74) is 6.13. The van der Waals surface area contributed by atoms with Gasteiger partial charge in [-0.3, -0.25) is 0 Å². The van der Waals surface area contributed by atoms with E-state index < -0.39 is 0 Å². The summed E-state index contributed by atoms with van der Waals surface area (Å²) in [7, 11) is 0. The average molecular weight is 573 g/mol. The van der Waals surface area contributed by atoms with Crippen LogP contribution >= 0.6 is 0 Å². The maximum Gasteiger partial charge on any atom is 2.00 e. The average Bonchev–Trinajstić information content (AvgIpc) is 3.73. The molecule has 0 spiro atoms. The van der Waals surface area contributed by atoms with Gasteiger partial charge in [0.15, 0.2) is 5.82 Å². The van der Waals surface area contributed by atoms with Gasteiger partial charge in [0, 0.05) is 39.6 Å². The second kappa shape index (κ2) is 9.01. The molecule has 0 N–H and O–H groups in total. The normalized spacial score (nSPS) is 18.5. The number of aromatic nitrogens is 8. The van der Waals surface area contributed by atoms with Crippen molar-refractivity contribution in [3.63, 3.8) is 0 Å². The number of nitrogens with zero attached hydrogens (tertiary/aromatic N) is 8. The Kier molecular flexibility index (Phi) is 5.24. The maximum atomic E-state index is 5.01. The van der Waals surface area contributed by atoms with E-state index in [1.807, 2.05) is 85.0 Å². The first-order valence-corrected chi connectivity index (χ1v) is 13.1. The summed E-state index contributed by atoms with van der Waals surface area (Å²) in [4.78, 5) is 39.5. The standard InChI is InChI=1S/C32H18N8.Ni/c1-2-10-18-17(9-1)25-33-26(18)38-28-21-13-5-6-14-22(21)30(35-28)40-32-24-16-8-7-15-23(24)31(36-32)39-29-20-12-4-3-11-19(20)27(34-29)37-25;/h1-17,20H;/q-2;+2. The van der Waals surface area contributed by atoms with Crippen LogP contribution in [0.1, 0.15) is 23.5 Å². The topological polar surface area (TPSA) is 106 Å². The first-order valence-electron chi connectivity index (χ1n) is 13.1. The van der Waals surface area contributed by atoms with Crippen LogP contribution in [0, 0.1) is 0 Å². The Morgan fingerprint density at radius 2 is 1.22 bits per heavy atom. The van der Waals surface area contributed by atoms with Gasteiger partial charge in [0.25, 0.3) is 0 Å². The van der Waals surface area contributed by atoms with E-state index in [0.29, 0.717) is 45.6 Å². The predicted octanol–water partition coefficient (Wildman–Crippen LogP) is 3.48. The van der Waals surface area contributed by atoms with Gasteiger partial charge in [0.1, 0.15) is 5.82 Å². The van der Waals surface area contributed by atoms with Gasteiger partial charge >= 0.3 is 16.5 Å². The molecular weight excluding hydrogens is 555 g/mol. The van der Waals surface area contributed by atoms with Crippen molar-refractivity contribution in [1.82, 2.24) is 39.9 Å². The first kappa shape index (κ1) is 23.8. The fourth-order valence-electron chi connectivity index (χ4n) is 5.76. The van der Waals surface area contributed by atoms with E-state index in [-0.39, 0.29) is 28.3 Å². The van der Waals surface area contributed by atoms with Crippen molar-refractivity contribution < 1.29 is 16.5 Å². The Morgan fingerprint density at radius 3 is 2.00 bits per heavy atom. The predicted molar refractivity (Wildman–Crippen MR) is 151 cm³/mol. The Balaban J connectivity index is 0.00000256. The van der Waals surface area contributed by atoms with Crippen molar-refractivity contribution in [2.45, 2.75) is 11.8 Å². The molecule has 5 heterocycles. The SMILES string of the molecule is C1=CC2=c3nc(nc4nc(nc5[n-]c(nc6[n-]c(n3)C3C=CC=CC=63)c3ccccc53)-c3ccccc3-4)C2C=C1.[Ni+2]. The number of hydrogen-bond acceptors (Lipinski definition) is 6. The van der Waals surface area contributed by atoms with Crippen LogP contribution in [0.3, 0.4) is 0 Å². The zero-order chi connectivity index (χ0) is 26.2. The first-order chi connectivity index (χ1) is 19.8. The van der Waals surface area contributed by atoms with E-state index in [4.69, 9.17) is 39.9 Å². The molecule has 0 radical (unpaired) electrons. The van der Waals surface area contributed by atoms with Crippen LogP contribution in [-0.4, -0.2) is 29.9 Å². The summed E-state index contributed by atoms with van der Waals surface area (Å²) in [6.07, 6.45) is 16.3. The molecule has 4 aromatic rings. The molecule has 0 saturated carbocycles. The number of allylic oxidation sites excluding steroid dienone is 8. The van der Waals surface area contributed by atoms with Crippen molar-refractivity contribution in [3.05, 3.63) is 120 Å². The fourth-order valence-corrected chi connectivity index (χ4v) is 5.76. The molecule has 0 fully saturated rings. The van der Waals surface area contributed by atoms with Crippen molar-refractivity contribution in [1.29, 1.82) is 0 Å². The van der Waals surface area contributed by atoms with E-state index in [0.717, 1.165) is 33.0 Å². The molecule has 41 heavy (non-hydrogen) atoms. The minimum absolute atomic E-state index is 0. The number of rotatable bonds is 0. The third-order valence-corrected chi connectivity index (χ3v) is 7.67. The molecule has 2 aromatic carbocycles. The molecule has 5 aliphatic rings. The minimum Gasteiger partial charge on any atom is -0.361 e. The molecule has 2 aliphatic carbocycles. The van der Waals surface area contributed by atoms with Crippen LogP contribution in [0.4, 0.5) is 0 Å².